The van der Waals surface area contributed by atoms with Crippen LogP contribution in [0.3, 0.4) is 0 Å². The van der Waals surface area contributed by atoms with E-state index in [0.29, 0.717) is 18.8 Å². The molecule has 0 saturated carbocycles. The largest absolute Gasteiger partial charge is 0.340 e. The molecule has 156 valence electrons. The third kappa shape index (κ3) is 4.08. The van der Waals surface area contributed by atoms with Crippen molar-refractivity contribution in [2.24, 2.45) is 0 Å². The van der Waals surface area contributed by atoms with Gasteiger partial charge in [0.15, 0.2) is 21.5 Å². The molecule has 0 radical (unpaired) electrons. The van der Waals surface area contributed by atoms with E-state index in [1.54, 1.807) is 24.3 Å². The molecular weight excluding hydrogens is 406 g/mol. The molecule has 0 bridgehead atoms. The maximum atomic E-state index is 13.8. The number of nitrogens with zero attached hydrogens (tertiary/aromatic N) is 2. The second-order valence-electron chi connectivity index (χ2n) is 7.63. The minimum atomic E-state index is -3.30. The monoisotopic (exact) mass is 428 g/mol. The Balaban J connectivity index is 1.79. The van der Waals surface area contributed by atoms with Crippen LogP contribution in [-0.4, -0.2) is 39.7 Å². The molecular formula is C23H22F2N2O2S. The van der Waals surface area contributed by atoms with E-state index in [1.165, 1.54) is 12.3 Å². The van der Waals surface area contributed by atoms with E-state index in [1.807, 2.05) is 36.2 Å². The van der Waals surface area contributed by atoms with Crippen molar-refractivity contribution >= 4 is 21.2 Å². The number of sulfone groups is 1. The Bertz CT molecular complexity index is 1210. The number of rotatable bonds is 3. The second-order valence-corrected chi connectivity index (χ2v) is 9.65. The highest BCUT2D eigenvalue weighted by Crippen LogP contribution is 2.35. The van der Waals surface area contributed by atoms with Gasteiger partial charge in [0.05, 0.1) is 4.90 Å². The number of halogens is 2. The summed E-state index contributed by atoms with van der Waals surface area (Å²) >= 11 is 0. The second kappa shape index (κ2) is 7.81. The van der Waals surface area contributed by atoms with Gasteiger partial charge in [0.25, 0.3) is 0 Å². The first-order valence-electron chi connectivity index (χ1n) is 9.57. The zero-order valence-corrected chi connectivity index (χ0v) is 17.6. The fraction of sp³-hybridized carbons (Fsp3) is 0.217. The summed E-state index contributed by atoms with van der Waals surface area (Å²) < 4.78 is 51.1. The van der Waals surface area contributed by atoms with Crippen LogP contribution in [0, 0.1) is 11.6 Å². The van der Waals surface area contributed by atoms with E-state index in [4.69, 9.17) is 0 Å². The molecule has 0 aliphatic carbocycles. The minimum Gasteiger partial charge on any atom is -0.340 e. The molecule has 0 fully saturated rings. The molecule has 1 aliphatic rings. The summed E-state index contributed by atoms with van der Waals surface area (Å²) in [5, 5.41) is 0. The summed E-state index contributed by atoms with van der Waals surface area (Å²) in [6.45, 7) is 2.08. The summed E-state index contributed by atoms with van der Waals surface area (Å²) in [5.74, 6) is -1.74. The van der Waals surface area contributed by atoms with Gasteiger partial charge in [-0.3, -0.25) is 0 Å². The number of benzene rings is 3. The lowest BCUT2D eigenvalue weighted by atomic mass is 10.0. The van der Waals surface area contributed by atoms with Crippen LogP contribution in [0.5, 0.6) is 0 Å². The number of hydrogen-bond donors (Lipinski definition) is 0. The number of anilines is 2. The molecule has 1 heterocycles. The smallest absolute Gasteiger partial charge is 0.175 e. The number of hydrogen-bond acceptors (Lipinski definition) is 4. The molecule has 3 aromatic rings. The average molecular weight is 429 g/mol. The minimum absolute atomic E-state index is 0.274. The van der Waals surface area contributed by atoms with Crippen molar-refractivity contribution in [3.63, 3.8) is 0 Å². The fourth-order valence-corrected chi connectivity index (χ4v) is 4.41. The van der Waals surface area contributed by atoms with Crippen molar-refractivity contribution in [3.8, 4) is 11.1 Å². The number of fused-ring (bicyclic) bond motifs is 1. The van der Waals surface area contributed by atoms with E-state index in [0.717, 1.165) is 35.0 Å². The molecule has 30 heavy (non-hydrogen) atoms. The van der Waals surface area contributed by atoms with Gasteiger partial charge in [0.2, 0.25) is 0 Å². The van der Waals surface area contributed by atoms with E-state index in [9.17, 15) is 17.2 Å². The van der Waals surface area contributed by atoms with Crippen LogP contribution < -0.4 is 4.90 Å². The Morgan fingerprint density at radius 3 is 2.37 bits per heavy atom. The predicted molar refractivity (Wildman–Crippen MR) is 115 cm³/mol. The molecule has 3 aromatic carbocycles. The molecule has 0 spiro atoms. The highest BCUT2D eigenvalue weighted by atomic mass is 32.2. The first-order valence-corrected chi connectivity index (χ1v) is 11.5. The highest BCUT2D eigenvalue weighted by Gasteiger charge is 2.21. The molecule has 0 amide bonds. The quantitative estimate of drug-likeness (QED) is 0.611. The third-order valence-electron chi connectivity index (χ3n) is 5.33. The molecule has 7 heteroatoms. The van der Waals surface area contributed by atoms with Gasteiger partial charge in [-0.05, 0) is 60.1 Å². The van der Waals surface area contributed by atoms with Gasteiger partial charge in [-0.2, -0.15) is 0 Å². The number of likely N-dealkylation sites (N-methyl/N-ethyl adjacent to an activating group) is 1. The van der Waals surface area contributed by atoms with Crippen molar-refractivity contribution in [1.29, 1.82) is 0 Å². The third-order valence-corrected chi connectivity index (χ3v) is 6.44. The SMILES string of the molecule is CN1CCN(c2ccc(F)c(F)c2)c2ccc(-c3cccc(S(C)(=O)=O)c3)cc2C1. The van der Waals surface area contributed by atoms with Crippen LogP contribution in [0.25, 0.3) is 11.1 Å². The standard InChI is InChI=1S/C23H22F2N2O2S/c1-26-10-11-27(19-7-8-21(24)22(25)14-19)23-9-6-17(12-18(23)15-26)16-4-3-5-20(13-16)30(2,28)29/h3-9,12-14H,10-11,15H2,1-2H3. The molecule has 4 nitrogen and oxygen atoms in total. The van der Waals surface area contributed by atoms with Crippen LogP contribution >= 0.6 is 0 Å². The van der Waals surface area contributed by atoms with Gasteiger partial charge < -0.3 is 9.80 Å². The van der Waals surface area contributed by atoms with E-state index in [-0.39, 0.29) is 4.90 Å². The first-order chi connectivity index (χ1) is 14.2. The van der Waals surface area contributed by atoms with E-state index < -0.39 is 21.5 Å². The molecule has 0 unspecified atom stereocenters. The average Bonchev–Trinajstić information content (AvgIpc) is 2.87. The zero-order chi connectivity index (χ0) is 21.5. The van der Waals surface area contributed by atoms with Gasteiger partial charge in [0.1, 0.15) is 0 Å². The topological polar surface area (TPSA) is 40.6 Å². The van der Waals surface area contributed by atoms with Crippen LogP contribution in [0.2, 0.25) is 0 Å². The summed E-state index contributed by atoms with van der Waals surface area (Å²) in [6, 6.07) is 16.7. The van der Waals surface area contributed by atoms with Gasteiger partial charge in [-0.25, -0.2) is 17.2 Å². The maximum Gasteiger partial charge on any atom is 0.175 e. The first kappa shape index (κ1) is 20.5. The van der Waals surface area contributed by atoms with Crippen LogP contribution in [0.15, 0.2) is 65.6 Å². The van der Waals surface area contributed by atoms with Crippen molar-refractivity contribution in [1.82, 2.24) is 4.90 Å². The van der Waals surface area contributed by atoms with Gasteiger partial charge in [0, 0.05) is 43.3 Å². The Kier molecular flexibility index (Phi) is 5.34. The van der Waals surface area contributed by atoms with Crippen molar-refractivity contribution in [3.05, 3.63) is 77.9 Å². The molecule has 0 aromatic heterocycles. The Labute approximate surface area is 175 Å². The van der Waals surface area contributed by atoms with E-state index >= 15 is 0 Å². The van der Waals surface area contributed by atoms with Gasteiger partial charge in [-0.1, -0.05) is 18.2 Å². The van der Waals surface area contributed by atoms with Gasteiger partial charge in [-0.15, -0.1) is 0 Å². The maximum absolute atomic E-state index is 13.8. The summed E-state index contributed by atoms with van der Waals surface area (Å²) in [7, 11) is -1.29. The van der Waals surface area contributed by atoms with Crippen LogP contribution in [0.1, 0.15) is 5.56 Å². The van der Waals surface area contributed by atoms with Gasteiger partial charge >= 0.3 is 0 Å². The van der Waals surface area contributed by atoms with Crippen molar-refractivity contribution in [2.45, 2.75) is 11.4 Å². The molecule has 0 saturated heterocycles. The fourth-order valence-electron chi connectivity index (χ4n) is 3.74. The summed E-state index contributed by atoms with van der Waals surface area (Å²) in [6.07, 6.45) is 1.19. The lowest BCUT2D eigenvalue weighted by molar-refractivity contribution is 0.343. The Morgan fingerprint density at radius 2 is 1.63 bits per heavy atom. The Hall–Kier alpha value is -2.77. The lowest BCUT2D eigenvalue weighted by Gasteiger charge is -2.25. The Morgan fingerprint density at radius 1 is 0.867 bits per heavy atom. The van der Waals surface area contributed by atoms with E-state index in [2.05, 4.69) is 4.90 Å². The predicted octanol–water partition coefficient (Wildman–Crippen LogP) is 4.62. The molecule has 4 rings (SSSR count). The van der Waals surface area contributed by atoms with Crippen LogP contribution in [-0.2, 0) is 16.4 Å². The molecule has 0 atom stereocenters. The normalized spacial score (nSPS) is 15.0. The highest BCUT2D eigenvalue weighted by molar-refractivity contribution is 7.90. The lowest BCUT2D eigenvalue weighted by Crippen LogP contribution is -2.26. The van der Waals surface area contributed by atoms with Crippen molar-refractivity contribution < 1.29 is 17.2 Å². The van der Waals surface area contributed by atoms with Crippen LogP contribution in [0.4, 0.5) is 20.2 Å². The molecule has 0 N–H and O–H groups in total. The van der Waals surface area contributed by atoms with Crippen molar-refractivity contribution in [2.75, 3.05) is 31.3 Å². The summed E-state index contributed by atoms with van der Waals surface area (Å²) in [5.41, 5.74) is 4.26. The molecule has 1 aliphatic heterocycles. The zero-order valence-electron chi connectivity index (χ0n) is 16.8. The summed E-state index contributed by atoms with van der Waals surface area (Å²) in [4.78, 5) is 4.42.